The molecule has 27 heavy (non-hydrogen) atoms. The molecule has 1 aromatic heterocycles. The van der Waals surface area contributed by atoms with Gasteiger partial charge in [0, 0.05) is 44.7 Å². The number of para-hydroxylation sites is 1. The van der Waals surface area contributed by atoms with Crippen LogP contribution in [0.25, 0.3) is 0 Å². The van der Waals surface area contributed by atoms with Gasteiger partial charge in [-0.2, -0.15) is 0 Å². The Hall–Kier alpha value is -2.87. The summed E-state index contributed by atoms with van der Waals surface area (Å²) in [4.78, 5) is 39.8. The minimum absolute atomic E-state index is 0.0286. The van der Waals surface area contributed by atoms with Crippen LogP contribution in [0.3, 0.4) is 0 Å². The lowest BCUT2D eigenvalue weighted by Gasteiger charge is -2.36. The Kier molecular flexibility index (Phi) is 6.08. The Balaban J connectivity index is 1.44. The minimum atomic E-state index is -0.584. The number of hydrogen-bond donors (Lipinski definition) is 2. The molecule has 0 atom stereocenters. The number of nitrogens with one attached hydrogen (secondary N) is 1. The predicted octanol–water partition coefficient (Wildman–Crippen LogP) is 1.91. The van der Waals surface area contributed by atoms with E-state index in [9.17, 15) is 14.4 Å². The molecule has 2 aromatic rings. The predicted molar refractivity (Wildman–Crippen MR) is 106 cm³/mol. The van der Waals surface area contributed by atoms with Crippen LogP contribution in [0, 0.1) is 0 Å². The summed E-state index contributed by atoms with van der Waals surface area (Å²) in [5, 5.41) is 4.77. The quantitative estimate of drug-likeness (QED) is 0.793. The Morgan fingerprint density at radius 3 is 2.37 bits per heavy atom. The number of nitrogens with two attached hydrogens (primary N) is 1. The maximum atomic E-state index is 12.4. The molecule has 1 aliphatic rings. The molecule has 0 spiro atoms. The zero-order valence-electron chi connectivity index (χ0n) is 14.9. The topological polar surface area (TPSA) is 95.7 Å². The fourth-order valence-corrected chi connectivity index (χ4v) is 3.83. The number of nitrogens with zero attached hydrogens (tertiary/aromatic N) is 2. The van der Waals surface area contributed by atoms with E-state index < -0.39 is 5.91 Å². The second-order valence-corrected chi connectivity index (χ2v) is 7.20. The minimum Gasteiger partial charge on any atom is -0.368 e. The van der Waals surface area contributed by atoms with Crippen LogP contribution in [0.4, 0.5) is 10.7 Å². The van der Waals surface area contributed by atoms with Crippen molar-refractivity contribution in [3.05, 3.63) is 47.3 Å². The third-order valence-electron chi connectivity index (χ3n) is 4.50. The first-order valence-corrected chi connectivity index (χ1v) is 9.67. The Bertz CT molecular complexity index is 813. The van der Waals surface area contributed by atoms with Gasteiger partial charge in [0.2, 0.25) is 11.8 Å². The summed E-state index contributed by atoms with van der Waals surface area (Å²) in [5.74, 6) is -0.908. The van der Waals surface area contributed by atoms with Crippen molar-refractivity contribution in [1.29, 1.82) is 0 Å². The number of amides is 3. The van der Waals surface area contributed by atoms with E-state index in [4.69, 9.17) is 5.73 Å². The van der Waals surface area contributed by atoms with Crippen LogP contribution in [0.15, 0.2) is 41.8 Å². The standard InChI is InChI=1S/C19H22N4O3S/c20-18(26)15-8-13-27-19(15)21-16(24)6-7-17(25)23-11-9-22(10-12-23)14-4-2-1-3-5-14/h1-5,8,13H,6-7,9-12H2,(H2,20,26)(H,21,24). The van der Waals surface area contributed by atoms with E-state index in [0.29, 0.717) is 18.1 Å². The number of benzene rings is 1. The second-order valence-electron chi connectivity index (χ2n) is 6.28. The van der Waals surface area contributed by atoms with Gasteiger partial charge in [-0.25, -0.2) is 0 Å². The lowest BCUT2D eigenvalue weighted by molar-refractivity contribution is -0.133. The number of rotatable bonds is 6. The van der Waals surface area contributed by atoms with Crippen LogP contribution in [0.1, 0.15) is 23.2 Å². The fourth-order valence-electron chi connectivity index (χ4n) is 3.02. The maximum absolute atomic E-state index is 12.4. The van der Waals surface area contributed by atoms with E-state index in [1.165, 1.54) is 11.3 Å². The molecule has 1 fully saturated rings. The summed E-state index contributed by atoms with van der Waals surface area (Å²) in [6.45, 7) is 2.84. The van der Waals surface area contributed by atoms with Crippen LogP contribution in [-0.2, 0) is 9.59 Å². The molecule has 0 saturated carbocycles. The summed E-state index contributed by atoms with van der Waals surface area (Å²) in [6.07, 6.45) is 0.224. The van der Waals surface area contributed by atoms with Crippen LogP contribution in [0.2, 0.25) is 0 Å². The van der Waals surface area contributed by atoms with E-state index in [1.807, 2.05) is 18.2 Å². The molecule has 0 aliphatic carbocycles. The van der Waals surface area contributed by atoms with E-state index >= 15 is 0 Å². The molecule has 8 heteroatoms. The molecule has 1 aromatic carbocycles. The van der Waals surface area contributed by atoms with E-state index in [-0.39, 0.29) is 30.2 Å². The summed E-state index contributed by atoms with van der Waals surface area (Å²) in [7, 11) is 0. The maximum Gasteiger partial charge on any atom is 0.251 e. The first-order valence-electron chi connectivity index (χ1n) is 8.79. The van der Waals surface area contributed by atoms with Crippen molar-refractivity contribution >= 4 is 39.7 Å². The van der Waals surface area contributed by atoms with Crippen molar-refractivity contribution in [1.82, 2.24) is 4.90 Å². The smallest absolute Gasteiger partial charge is 0.251 e. The highest BCUT2D eigenvalue weighted by Gasteiger charge is 2.22. The first-order chi connectivity index (χ1) is 13.0. The highest BCUT2D eigenvalue weighted by atomic mass is 32.1. The molecule has 3 rings (SSSR count). The highest BCUT2D eigenvalue weighted by Crippen LogP contribution is 2.23. The molecule has 3 N–H and O–H groups in total. The van der Waals surface area contributed by atoms with E-state index in [1.54, 1.807) is 16.3 Å². The van der Waals surface area contributed by atoms with Gasteiger partial charge in [-0.3, -0.25) is 14.4 Å². The zero-order valence-corrected chi connectivity index (χ0v) is 15.7. The van der Waals surface area contributed by atoms with Gasteiger partial charge in [0.1, 0.15) is 5.00 Å². The van der Waals surface area contributed by atoms with E-state index in [2.05, 4.69) is 22.3 Å². The van der Waals surface area contributed by atoms with Crippen LogP contribution in [0.5, 0.6) is 0 Å². The lowest BCUT2D eigenvalue weighted by Crippen LogP contribution is -2.48. The van der Waals surface area contributed by atoms with Crippen molar-refractivity contribution in [2.75, 3.05) is 36.4 Å². The monoisotopic (exact) mass is 386 g/mol. The summed E-state index contributed by atoms with van der Waals surface area (Å²) < 4.78 is 0. The fraction of sp³-hybridized carbons (Fsp3) is 0.316. The lowest BCUT2D eigenvalue weighted by atomic mass is 10.2. The average Bonchev–Trinajstić information content (AvgIpc) is 3.15. The highest BCUT2D eigenvalue weighted by molar-refractivity contribution is 7.14. The van der Waals surface area contributed by atoms with Crippen LogP contribution in [-0.4, -0.2) is 48.8 Å². The van der Waals surface area contributed by atoms with Gasteiger partial charge in [-0.15, -0.1) is 11.3 Å². The van der Waals surface area contributed by atoms with Crippen LogP contribution < -0.4 is 16.0 Å². The third kappa shape index (κ3) is 4.85. The molecule has 1 saturated heterocycles. The Morgan fingerprint density at radius 2 is 1.70 bits per heavy atom. The number of primary amides is 1. The molecule has 7 nitrogen and oxygen atoms in total. The molecule has 1 aliphatic heterocycles. The molecule has 0 unspecified atom stereocenters. The van der Waals surface area contributed by atoms with Crippen molar-refractivity contribution in [3.63, 3.8) is 0 Å². The van der Waals surface area contributed by atoms with Crippen molar-refractivity contribution in [2.45, 2.75) is 12.8 Å². The number of anilines is 2. The number of hydrogen-bond acceptors (Lipinski definition) is 5. The SMILES string of the molecule is NC(=O)c1ccsc1NC(=O)CCC(=O)N1CCN(c2ccccc2)CC1. The molecule has 142 valence electrons. The summed E-state index contributed by atoms with van der Waals surface area (Å²) in [6, 6.07) is 11.7. The van der Waals surface area contributed by atoms with Gasteiger partial charge >= 0.3 is 0 Å². The van der Waals surface area contributed by atoms with Crippen molar-refractivity contribution in [2.24, 2.45) is 5.73 Å². The molecular weight excluding hydrogens is 364 g/mol. The first kappa shape index (κ1) is 18.9. The Labute approximate surface area is 161 Å². The largest absolute Gasteiger partial charge is 0.368 e. The third-order valence-corrected chi connectivity index (χ3v) is 5.33. The summed E-state index contributed by atoms with van der Waals surface area (Å²) in [5.41, 5.74) is 6.71. The Morgan fingerprint density at radius 1 is 1.00 bits per heavy atom. The van der Waals surface area contributed by atoms with Crippen molar-refractivity contribution in [3.8, 4) is 0 Å². The summed E-state index contributed by atoms with van der Waals surface area (Å²) >= 11 is 1.23. The van der Waals surface area contributed by atoms with Gasteiger partial charge in [0.25, 0.3) is 5.91 Å². The zero-order chi connectivity index (χ0) is 19.2. The van der Waals surface area contributed by atoms with Gasteiger partial charge in [-0.1, -0.05) is 18.2 Å². The number of carbonyl (C=O) groups excluding carboxylic acids is 3. The van der Waals surface area contributed by atoms with Crippen LogP contribution >= 0.6 is 11.3 Å². The molecule has 3 amide bonds. The van der Waals surface area contributed by atoms with E-state index in [0.717, 1.165) is 18.8 Å². The molecular formula is C19H22N4O3S. The van der Waals surface area contributed by atoms with Gasteiger partial charge in [0.15, 0.2) is 0 Å². The van der Waals surface area contributed by atoms with Crippen molar-refractivity contribution < 1.29 is 14.4 Å². The number of piperazine rings is 1. The number of carbonyl (C=O) groups is 3. The molecule has 0 radical (unpaired) electrons. The second kappa shape index (κ2) is 8.68. The van der Waals surface area contributed by atoms with Gasteiger partial charge < -0.3 is 20.9 Å². The normalized spacial score (nSPS) is 14.1. The van der Waals surface area contributed by atoms with Gasteiger partial charge in [0.05, 0.1) is 5.56 Å². The number of thiophene rings is 1. The molecule has 2 heterocycles. The van der Waals surface area contributed by atoms with Gasteiger partial charge in [-0.05, 0) is 23.6 Å². The molecule has 0 bridgehead atoms. The average molecular weight is 386 g/mol.